The molecular formula is C19H22N6O. The van der Waals surface area contributed by atoms with E-state index in [1.165, 1.54) is 25.9 Å². The number of imidazole rings is 1. The Labute approximate surface area is 151 Å². The van der Waals surface area contributed by atoms with Crippen molar-refractivity contribution in [3.05, 3.63) is 48.0 Å². The third-order valence-electron chi connectivity index (χ3n) is 5.70. The Kier molecular flexibility index (Phi) is 3.74. The molecule has 1 amide bonds. The predicted molar refractivity (Wildman–Crippen MR) is 97.8 cm³/mol. The smallest absolute Gasteiger partial charge is 0.272 e. The zero-order chi connectivity index (χ0) is 17.5. The number of aromatic amines is 1. The molecule has 0 unspecified atom stereocenters. The van der Waals surface area contributed by atoms with Crippen LogP contribution in [0.2, 0.25) is 0 Å². The molecule has 7 nitrogen and oxygen atoms in total. The van der Waals surface area contributed by atoms with Gasteiger partial charge in [0.1, 0.15) is 5.69 Å². The molecule has 3 aliphatic heterocycles. The maximum atomic E-state index is 12.6. The average Bonchev–Trinajstić information content (AvgIpc) is 3.31. The lowest BCUT2D eigenvalue weighted by molar-refractivity contribution is 0.0618. The van der Waals surface area contributed by atoms with Crippen molar-refractivity contribution in [2.75, 3.05) is 19.6 Å². The predicted octanol–water partition coefficient (Wildman–Crippen LogP) is 1.63. The van der Waals surface area contributed by atoms with Crippen LogP contribution in [-0.4, -0.2) is 56.2 Å². The minimum Gasteiger partial charge on any atom is -0.346 e. The van der Waals surface area contributed by atoms with E-state index in [9.17, 15) is 4.79 Å². The Morgan fingerprint density at radius 3 is 2.92 bits per heavy atom. The Balaban J connectivity index is 1.28. The molecule has 6 rings (SSSR count). The molecule has 3 saturated heterocycles. The lowest BCUT2D eigenvalue weighted by Crippen LogP contribution is -2.57. The number of piperidine rings is 3. The summed E-state index contributed by atoms with van der Waals surface area (Å²) < 4.78 is 2.05. The number of H-pyrrole nitrogens is 1. The van der Waals surface area contributed by atoms with Crippen LogP contribution in [0.15, 0.2) is 36.7 Å². The summed E-state index contributed by atoms with van der Waals surface area (Å²) in [6.45, 7) is 3.92. The Bertz CT molecular complexity index is 936. The van der Waals surface area contributed by atoms with Crippen LogP contribution in [0, 0.1) is 5.92 Å². The summed E-state index contributed by atoms with van der Waals surface area (Å²) in [5.74, 6) is 0.529. The highest BCUT2D eigenvalue weighted by atomic mass is 16.2. The van der Waals surface area contributed by atoms with Gasteiger partial charge in [0.2, 0.25) is 0 Å². The number of rotatable bonds is 4. The van der Waals surface area contributed by atoms with Gasteiger partial charge in [0.25, 0.3) is 5.91 Å². The molecule has 1 aromatic carbocycles. The van der Waals surface area contributed by atoms with Gasteiger partial charge in [-0.15, -0.1) is 0 Å². The van der Waals surface area contributed by atoms with E-state index in [-0.39, 0.29) is 11.9 Å². The largest absolute Gasteiger partial charge is 0.346 e. The number of hydrogen-bond donors (Lipinski definition) is 2. The minimum atomic E-state index is -0.0817. The van der Waals surface area contributed by atoms with Crippen molar-refractivity contribution in [3.63, 3.8) is 0 Å². The van der Waals surface area contributed by atoms with Gasteiger partial charge in [0.05, 0.1) is 29.6 Å². The van der Waals surface area contributed by atoms with Crippen molar-refractivity contribution in [2.45, 2.75) is 25.4 Å². The van der Waals surface area contributed by atoms with Crippen molar-refractivity contribution < 1.29 is 4.79 Å². The van der Waals surface area contributed by atoms with E-state index >= 15 is 0 Å². The second kappa shape index (κ2) is 6.25. The third kappa shape index (κ3) is 2.78. The van der Waals surface area contributed by atoms with Crippen molar-refractivity contribution in [3.8, 4) is 0 Å². The van der Waals surface area contributed by atoms with Gasteiger partial charge in [-0.25, -0.2) is 4.98 Å². The van der Waals surface area contributed by atoms with Crippen LogP contribution in [0.4, 0.5) is 0 Å². The van der Waals surface area contributed by atoms with E-state index in [1.54, 1.807) is 0 Å². The van der Waals surface area contributed by atoms with E-state index < -0.39 is 0 Å². The number of amides is 1. The molecule has 3 aromatic rings. The standard InChI is InChI=1S/C19H22N6O/c26-19(21-17-11-24-7-5-13(17)6-8-24)16-9-14(22-23-16)10-25-12-20-15-3-1-2-4-18(15)25/h1-4,9,12-13,17H,5-8,10-11H2,(H,21,26)(H,22,23)/t17-/m0/s1. The fourth-order valence-corrected chi connectivity index (χ4v) is 4.25. The summed E-state index contributed by atoms with van der Waals surface area (Å²) in [7, 11) is 0. The van der Waals surface area contributed by atoms with Crippen LogP contribution >= 0.6 is 0 Å². The van der Waals surface area contributed by atoms with Crippen LogP contribution < -0.4 is 5.32 Å². The highest BCUT2D eigenvalue weighted by molar-refractivity contribution is 5.92. The quantitative estimate of drug-likeness (QED) is 0.750. The molecule has 0 radical (unpaired) electrons. The lowest BCUT2D eigenvalue weighted by Gasteiger charge is -2.44. The van der Waals surface area contributed by atoms with Gasteiger partial charge in [-0.05, 0) is 50.0 Å². The minimum absolute atomic E-state index is 0.0817. The van der Waals surface area contributed by atoms with Gasteiger partial charge >= 0.3 is 0 Å². The van der Waals surface area contributed by atoms with E-state index in [0.29, 0.717) is 18.2 Å². The molecule has 2 bridgehead atoms. The first-order chi connectivity index (χ1) is 12.8. The van der Waals surface area contributed by atoms with Gasteiger partial charge in [-0.3, -0.25) is 9.89 Å². The van der Waals surface area contributed by atoms with Crippen molar-refractivity contribution in [2.24, 2.45) is 5.92 Å². The Morgan fingerprint density at radius 1 is 1.27 bits per heavy atom. The number of hydrogen-bond acceptors (Lipinski definition) is 4. The van der Waals surface area contributed by atoms with E-state index in [2.05, 4.69) is 30.0 Å². The zero-order valence-electron chi connectivity index (χ0n) is 14.6. The number of para-hydroxylation sites is 2. The Hall–Kier alpha value is -2.67. The topological polar surface area (TPSA) is 78.8 Å². The highest BCUT2D eigenvalue weighted by Crippen LogP contribution is 2.27. The second-order valence-electron chi connectivity index (χ2n) is 7.36. The van der Waals surface area contributed by atoms with Crippen LogP contribution in [0.25, 0.3) is 11.0 Å². The fourth-order valence-electron chi connectivity index (χ4n) is 4.25. The van der Waals surface area contributed by atoms with Crippen LogP contribution in [0.1, 0.15) is 29.0 Å². The fraction of sp³-hybridized carbons (Fsp3) is 0.421. The zero-order valence-corrected chi connectivity index (χ0v) is 14.6. The number of aromatic nitrogens is 4. The molecule has 0 spiro atoms. The molecule has 0 saturated carbocycles. The summed E-state index contributed by atoms with van der Waals surface area (Å²) in [6, 6.07) is 10.1. The monoisotopic (exact) mass is 350 g/mol. The maximum absolute atomic E-state index is 12.6. The number of carbonyl (C=O) groups excluding carboxylic acids is 1. The summed E-state index contributed by atoms with van der Waals surface area (Å²) in [6.07, 6.45) is 4.19. The summed E-state index contributed by atoms with van der Waals surface area (Å²) >= 11 is 0. The van der Waals surface area contributed by atoms with Gasteiger partial charge in [0, 0.05) is 12.6 Å². The molecule has 26 heavy (non-hydrogen) atoms. The second-order valence-corrected chi connectivity index (χ2v) is 7.36. The lowest BCUT2D eigenvalue weighted by atomic mass is 9.84. The van der Waals surface area contributed by atoms with Crippen molar-refractivity contribution in [1.82, 2.24) is 30.0 Å². The average molecular weight is 350 g/mol. The van der Waals surface area contributed by atoms with Gasteiger partial charge in [0.15, 0.2) is 0 Å². The first-order valence-corrected chi connectivity index (χ1v) is 9.23. The van der Waals surface area contributed by atoms with Crippen molar-refractivity contribution >= 4 is 16.9 Å². The number of nitrogens with one attached hydrogen (secondary N) is 2. The van der Waals surface area contributed by atoms with Gasteiger partial charge in [-0.1, -0.05) is 12.1 Å². The molecular weight excluding hydrogens is 328 g/mol. The number of benzene rings is 1. The summed E-state index contributed by atoms with van der Waals surface area (Å²) in [5.41, 5.74) is 3.39. The van der Waals surface area contributed by atoms with Crippen LogP contribution in [-0.2, 0) is 6.54 Å². The maximum Gasteiger partial charge on any atom is 0.272 e. The van der Waals surface area contributed by atoms with E-state index in [1.807, 2.05) is 36.7 Å². The summed E-state index contributed by atoms with van der Waals surface area (Å²) in [4.78, 5) is 19.4. The van der Waals surface area contributed by atoms with Gasteiger partial charge < -0.3 is 14.8 Å². The molecule has 0 aliphatic carbocycles. The van der Waals surface area contributed by atoms with Crippen LogP contribution in [0.5, 0.6) is 0 Å². The first-order valence-electron chi connectivity index (χ1n) is 9.23. The SMILES string of the molecule is O=C(N[C@H]1CN2CCC1CC2)c1cc(Cn2cnc3ccccc32)[nH]n1. The molecule has 2 aromatic heterocycles. The molecule has 5 heterocycles. The normalized spacial score (nSPS) is 24.8. The molecule has 134 valence electrons. The molecule has 3 fully saturated rings. The van der Waals surface area contributed by atoms with Crippen molar-refractivity contribution in [1.29, 1.82) is 0 Å². The first kappa shape index (κ1) is 15.6. The van der Waals surface area contributed by atoms with Crippen LogP contribution in [0.3, 0.4) is 0 Å². The summed E-state index contributed by atoms with van der Waals surface area (Å²) in [5, 5.41) is 10.4. The third-order valence-corrected chi connectivity index (χ3v) is 5.70. The number of carbonyl (C=O) groups is 1. The van der Waals surface area contributed by atoms with Gasteiger partial charge in [-0.2, -0.15) is 5.10 Å². The number of nitrogens with zero attached hydrogens (tertiary/aromatic N) is 4. The van der Waals surface area contributed by atoms with E-state index in [0.717, 1.165) is 23.3 Å². The highest BCUT2D eigenvalue weighted by Gasteiger charge is 2.35. The number of fused-ring (bicyclic) bond motifs is 4. The molecule has 3 aliphatic rings. The Morgan fingerprint density at radius 2 is 2.12 bits per heavy atom. The molecule has 2 N–H and O–H groups in total. The van der Waals surface area contributed by atoms with E-state index in [4.69, 9.17) is 0 Å². The molecule has 1 atom stereocenters. The molecule has 7 heteroatoms.